The zero-order chi connectivity index (χ0) is 15.3. The van der Waals surface area contributed by atoms with E-state index in [0.29, 0.717) is 18.9 Å². The predicted molar refractivity (Wildman–Crippen MR) is 81.6 cm³/mol. The van der Waals surface area contributed by atoms with Gasteiger partial charge in [-0.15, -0.1) is 0 Å². The van der Waals surface area contributed by atoms with E-state index in [4.69, 9.17) is 9.15 Å². The first-order valence-electron chi connectivity index (χ1n) is 7.67. The van der Waals surface area contributed by atoms with Crippen LogP contribution >= 0.6 is 0 Å². The topological polar surface area (TPSA) is 63.5 Å². The van der Waals surface area contributed by atoms with Crippen molar-refractivity contribution in [1.29, 1.82) is 0 Å². The molecule has 1 aromatic rings. The number of hydrogen-bond donors (Lipinski definition) is 2. The Labute approximate surface area is 126 Å². The molecule has 1 aliphatic heterocycles. The number of nitrogens with one attached hydrogen (secondary N) is 2. The molecule has 1 saturated heterocycles. The van der Waals surface area contributed by atoms with Crippen LogP contribution in [-0.4, -0.2) is 39.3 Å². The van der Waals surface area contributed by atoms with Gasteiger partial charge in [-0.05, 0) is 44.5 Å². The molecule has 1 amide bonds. The Morgan fingerprint density at radius 1 is 1.48 bits per heavy atom. The van der Waals surface area contributed by atoms with Crippen molar-refractivity contribution in [2.24, 2.45) is 5.41 Å². The van der Waals surface area contributed by atoms with E-state index in [1.165, 1.54) is 0 Å². The summed E-state index contributed by atoms with van der Waals surface area (Å²) >= 11 is 0. The Balaban J connectivity index is 1.97. The molecule has 0 aromatic carbocycles. The minimum atomic E-state index is -0.133. The molecule has 0 radical (unpaired) electrons. The average molecular weight is 294 g/mol. The number of amides is 1. The Bertz CT molecular complexity index is 470. The molecule has 2 heterocycles. The molecule has 0 atom stereocenters. The highest BCUT2D eigenvalue weighted by atomic mass is 16.5. The van der Waals surface area contributed by atoms with Gasteiger partial charge in [0, 0.05) is 25.5 Å². The lowest BCUT2D eigenvalue weighted by atomic mass is 9.79. The molecule has 1 aromatic heterocycles. The predicted octanol–water partition coefficient (Wildman–Crippen LogP) is 1.90. The Hall–Kier alpha value is -1.33. The Morgan fingerprint density at radius 3 is 2.76 bits per heavy atom. The van der Waals surface area contributed by atoms with Crippen molar-refractivity contribution >= 4 is 5.91 Å². The third-order valence-corrected chi connectivity index (χ3v) is 4.30. The zero-order valence-corrected chi connectivity index (χ0v) is 13.3. The Morgan fingerprint density at radius 2 is 2.19 bits per heavy atom. The first-order chi connectivity index (χ1) is 10.1. The second-order valence-electron chi connectivity index (χ2n) is 5.94. The van der Waals surface area contributed by atoms with Gasteiger partial charge in [-0.2, -0.15) is 0 Å². The monoisotopic (exact) mass is 294 g/mol. The molecule has 0 aliphatic carbocycles. The van der Waals surface area contributed by atoms with Gasteiger partial charge in [0.05, 0.1) is 6.61 Å². The van der Waals surface area contributed by atoms with Crippen LogP contribution in [-0.2, 0) is 11.2 Å². The van der Waals surface area contributed by atoms with E-state index < -0.39 is 0 Å². The molecule has 21 heavy (non-hydrogen) atoms. The van der Waals surface area contributed by atoms with Crippen LogP contribution in [0.5, 0.6) is 0 Å². The number of furan rings is 1. The maximum atomic E-state index is 12.3. The quantitative estimate of drug-likeness (QED) is 0.841. The van der Waals surface area contributed by atoms with E-state index in [0.717, 1.165) is 43.7 Å². The van der Waals surface area contributed by atoms with Gasteiger partial charge in [0.1, 0.15) is 5.76 Å². The lowest BCUT2D eigenvalue weighted by molar-refractivity contribution is 0.0506. The highest BCUT2D eigenvalue weighted by molar-refractivity contribution is 5.91. The number of aryl methyl sites for hydroxylation is 2. The fourth-order valence-electron chi connectivity index (χ4n) is 2.97. The maximum Gasteiger partial charge on any atom is 0.287 e. The summed E-state index contributed by atoms with van der Waals surface area (Å²) in [6.07, 6.45) is 2.83. The summed E-state index contributed by atoms with van der Waals surface area (Å²) in [4.78, 5) is 12.3. The van der Waals surface area contributed by atoms with Gasteiger partial charge in [-0.25, -0.2) is 0 Å². The van der Waals surface area contributed by atoms with Crippen molar-refractivity contribution in [2.45, 2.75) is 33.1 Å². The molecule has 1 fully saturated rings. The number of ether oxygens (including phenoxy) is 1. The second-order valence-corrected chi connectivity index (χ2v) is 5.94. The van der Waals surface area contributed by atoms with Crippen LogP contribution in [0.1, 0.15) is 41.6 Å². The second kappa shape index (κ2) is 7.09. The third kappa shape index (κ3) is 3.86. The van der Waals surface area contributed by atoms with E-state index >= 15 is 0 Å². The van der Waals surface area contributed by atoms with E-state index in [2.05, 4.69) is 10.6 Å². The standard InChI is InChI=1S/C16H26N2O3/c1-4-13-12(2)9-14(21-13)15(19)18-10-16(11-20-3)5-7-17-8-6-16/h9,17H,4-8,10-11H2,1-3H3,(H,18,19). The van der Waals surface area contributed by atoms with Crippen LogP contribution in [0.2, 0.25) is 0 Å². The van der Waals surface area contributed by atoms with Crippen LogP contribution in [0, 0.1) is 12.3 Å². The third-order valence-electron chi connectivity index (χ3n) is 4.30. The fraction of sp³-hybridized carbons (Fsp3) is 0.688. The van der Waals surface area contributed by atoms with Crippen molar-refractivity contribution in [3.63, 3.8) is 0 Å². The van der Waals surface area contributed by atoms with Crippen LogP contribution in [0.15, 0.2) is 10.5 Å². The first kappa shape index (κ1) is 16.0. The normalized spacial score (nSPS) is 17.7. The van der Waals surface area contributed by atoms with Crippen molar-refractivity contribution in [3.8, 4) is 0 Å². The van der Waals surface area contributed by atoms with Gasteiger partial charge in [0.2, 0.25) is 0 Å². The molecule has 5 heteroatoms. The zero-order valence-electron chi connectivity index (χ0n) is 13.3. The molecular formula is C16H26N2O3. The molecule has 2 N–H and O–H groups in total. The molecule has 118 valence electrons. The van der Waals surface area contributed by atoms with Crippen LogP contribution < -0.4 is 10.6 Å². The lowest BCUT2D eigenvalue weighted by Gasteiger charge is -2.37. The number of hydrogen-bond acceptors (Lipinski definition) is 4. The van der Waals surface area contributed by atoms with Gasteiger partial charge in [-0.1, -0.05) is 6.92 Å². The SMILES string of the molecule is CCc1oc(C(=O)NCC2(COC)CCNCC2)cc1C. The minimum Gasteiger partial charge on any atom is -0.456 e. The minimum absolute atomic E-state index is 0.0326. The molecule has 1 aliphatic rings. The number of carbonyl (C=O) groups is 1. The summed E-state index contributed by atoms with van der Waals surface area (Å²) in [6, 6.07) is 1.82. The Kier molecular flexibility index (Phi) is 5.42. The van der Waals surface area contributed by atoms with Gasteiger partial charge in [0.25, 0.3) is 5.91 Å². The molecule has 2 rings (SSSR count). The van der Waals surface area contributed by atoms with E-state index in [9.17, 15) is 4.79 Å². The van der Waals surface area contributed by atoms with E-state index in [-0.39, 0.29) is 11.3 Å². The van der Waals surface area contributed by atoms with Gasteiger partial charge in [-0.3, -0.25) is 4.79 Å². The molecular weight excluding hydrogens is 268 g/mol. The van der Waals surface area contributed by atoms with Crippen molar-refractivity contribution in [1.82, 2.24) is 10.6 Å². The van der Waals surface area contributed by atoms with Gasteiger partial charge < -0.3 is 19.8 Å². The lowest BCUT2D eigenvalue weighted by Crippen LogP contribution is -2.47. The highest BCUT2D eigenvalue weighted by Gasteiger charge is 2.32. The number of methoxy groups -OCH3 is 1. The van der Waals surface area contributed by atoms with Crippen molar-refractivity contribution in [3.05, 3.63) is 23.2 Å². The summed E-state index contributed by atoms with van der Waals surface area (Å²) < 4.78 is 11.0. The molecule has 0 saturated carbocycles. The summed E-state index contributed by atoms with van der Waals surface area (Å²) in [5.41, 5.74) is 1.07. The summed E-state index contributed by atoms with van der Waals surface area (Å²) in [7, 11) is 1.72. The van der Waals surface area contributed by atoms with Crippen LogP contribution in [0.4, 0.5) is 0 Å². The van der Waals surface area contributed by atoms with Crippen LogP contribution in [0.25, 0.3) is 0 Å². The smallest absolute Gasteiger partial charge is 0.287 e. The van der Waals surface area contributed by atoms with Gasteiger partial charge >= 0.3 is 0 Å². The van der Waals surface area contributed by atoms with Crippen molar-refractivity contribution < 1.29 is 13.9 Å². The van der Waals surface area contributed by atoms with Crippen LogP contribution in [0.3, 0.4) is 0 Å². The molecule has 5 nitrogen and oxygen atoms in total. The number of piperidine rings is 1. The number of carbonyl (C=O) groups excluding carboxylic acids is 1. The summed E-state index contributed by atoms with van der Waals surface area (Å²) in [5, 5.41) is 6.37. The highest BCUT2D eigenvalue weighted by Crippen LogP contribution is 2.28. The first-order valence-corrected chi connectivity index (χ1v) is 7.67. The van der Waals surface area contributed by atoms with E-state index in [1.54, 1.807) is 7.11 Å². The molecule has 0 spiro atoms. The van der Waals surface area contributed by atoms with E-state index in [1.807, 2.05) is 19.9 Å². The maximum absolute atomic E-state index is 12.3. The largest absolute Gasteiger partial charge is 0.456 e. The average Bonchev–Trinajstić information content (AvgIpc) is 2.87. The molecule has 0 bridgehead atoms. The number of rotatable bonds is 6. The molecule has 0 unspecified atom stereocenters. The van der Waals surface area contributed by atoms with Crippen molar-refractivity contribution in [2.75, 3.05) is 33.4 Å². The van der Waals surface area contributed by atoms with Gasteiger partial charge in [0.15, 0.2) is 5.76 Å². The fourth-order valence-corrected chi connectivity index (χ4v) is 2.97. The summed E-state index contributed by atoms with van der Waals surface area (Å²) in [6.45, 7) is 7.24. The summed E-state index contributed by atoms with van der Waals surface area (Å²) in [5.74, 6) is 1.16.